The fourth-order valence-corrected chi connectivity index (χ4v) is 1.74. The van der Waals surface area contributed by atoms with Crippen LogP contribution in [0.4, 0.5) is 0 Å². The summed E-state index contributed by atoms with van der Waals surface area (Å²) in [4.78, 5) is 23.0. The summed E-state index contributed by atoms with van der Waals surface area (Å²) in [5.41, 5.74) is 1.52. The van der Waals surface area contributed by atoms with E-state index in [0.29, 0.717) is 17.1 Å². The molecular formula is C19H16O5. The highest BCUT2D eigenvalue weighted by atomic mass is 16.7. The molecule has 0 spiro atoms. The Hall–Kier alpha value is -3.34. The van der Waals surface area contributed by atoms with Crippen LogP contribution in [0.15, 0.2) is 73.7 Å². The Balaban J connectivity index is 1.95. The Kier molecular flexibility index (Phi) is 5.52. The molecule has 0 unspecified atom stereocenters. The first-order valence-corrected chi connectivity index (χ1v) is 7.08. The molecule has 2 aromatic rings. The molecule has 0 N–H and O–H groups in total. The van der Waals surface area contributed by atoms with Crippen LogP contribution < -0.4 is 9.47 Å². The standard InChI is InChI=1S/C19H16O5/c1-4-18(20)23-14(3)22-16-9-11-17(12-10-16)24-19(21)15-7-5-13(2)6-8-15/h4-12H,1,3H2,2H3. The van der Waals surface area contributed by atoms with Gasteiger partial charge in [0.25, 0.3) is 5.95 Å². The van der Waals surface area contributed by atoms with Crippen LogP contribution in [-0.4, -0.2) is 11.9 Å². The zero-order valence-electron chi connectivity index (χ0n) is 13.2. The molecule has 0 saturated heterocycles. The molecule has 0 saturated carbocycles. The third kappa shape index (κ3) is 4.84. The lowest BCUT2D eigenvalue weighted by molar-refractivity contribution is -0.136. The highest BCUT2D eigenvalue weighted by molar-refractivity contribution is 5.91. The second kappa shape index (κ2) is 7.78. The zero-order chi connectivity index (χ0) is 17.5. The second-order valence-electron chi connectivity index (χ2n) is 4.83. The number of carbonyl (C=O) groups is 2. The van der Waals surface area contributed by atoms with Crippen molar-refractivity contribution in [3.8, 4) is 11.5 Å². The van der Waals surface area contributed by atoms with Crippen LogP contribution >= 0.6 is 0 Å². The van der Waals surface area contributed by atoms with E-state index in [4.69, 9.17) is 14.2 Å². The molecule has 0 aliphatic carbocycles. The van der Waals surface area contributed by atoms with E-state index in [1.54, 1.807) is 36.4 Å². The van der Waals surface area contributed by atoms with Crippen molar-refractivity contribution in [2.75, 3.05) is 0 Å². The van der Waals surface area contributed by atoms with E-state index in [0.717, 1.165) is 11.6 Å². The van der Waals surface area contributed by atoms with Crippen molar-refractivity contribution in [2.24, 2.45) is 0 Å². The van der Waals surface area contributed by atoms with Crippen LogP contribution in [0.2, 0.25) is 0 Å². The predicted molar refractivity (Wildman–Crippen MR) is 88.6 cm³/mol. The minimum atomic E-state index is -0.663. The lowest BCUT2D eigenvalue weighted by Gasteiger charge is -2.08. The molecule has 24 heavy (non-hydrogen) atoms. The Labute approximate surface area is 139 Å². The number of esters is 2. The Morgan fingerprint density at radius 1 is 0.917 bits per heavy atom. The van der Waals surface area contributed by atoms with Crippen LogP contribution in [0.3, 0.4) is 0 Å². The third-order valence-corrected chi connectivity index (χ3v) is 2.93. The van der Waals surface area contributed by atoms with Gasteiger partial charge in [0.1, 0.15) is 11.5 Å². The Morgan fingerprint density at radius 3 is 2.00 bits per heavy atom. The smallest absolute Gasteiger partial charge is 0.343 e. The molecule has 122 valence electrons. The van der Waals surface area contributed by atoms with Crippen LogP contribution in [-0.2, 0) is 9.53 Å². The number of rotatable bonds is 6. The topological polar surface area (TPSA) is 61.8 Å². The first kappa shape index (κ1) is 17.0. The lowest BCUT2D eigenvalue weighted by Crippen LogP contribution is -2.08. The highest BCUT2D eigenvalue weighted by Gasteiger charge is 2.09. The highest BCUT2D eigenvalue weighted by Crippen LogP contribution is 2.20. The van der Waals surface area contributed by atoms with Gasteiger partial charge >= 0.3 is 11.9 Å². The minimum Gasteiger partial charge on any atom is -0.426 e. The molecule has 5 heteroatoms. The van der Waals surface area contributed by atoms with E-state index in [2.05, 4.69) is 13.2 Å². The van der Waals surface area contributed by atoms with E-state index >= 15 is 0 Å². The molecule has 0 heterocycles. The molecule has 2 aromatic carbocycles. The number of hydrogen-bond donors (Lipinski definition) is 0. The van der Waals surface area contributed by atoms with Gasteiger partial charge in [-0.15, -0.1) is 0 Å². The van der Waals surface area contributed by atoms with Gasteiger partial charge < -0.3 is 14.2 Å². The second-order valence-corrected chi connectivity index (χ2v) is 4.83. The van der Waals surface area contributed by atoms with Crippen molar-refractivity contribution in [3.63, 3.8) is 0 Å². The van der Waals surface area contributed by atoms with Gasteiger partial charge in [0, 0.05) is 6.08 Å². The predicted octanol–water partition coefficient (Wildman–Crippen LogP) is 3.79. The molecule has 5 nitrogen and oxygen atoms in total. The molecule has 0 aliphatic heterocycles. The fourth-order valence-electron chi connectivity index (χ4n) is 1.74. The van der Waals surface area contributed by atoms with E-state index < -0.39 is 11.9 Å². The van der Waals surface area contributed by atoms with Gasteiger partial charge in [-0.25, -0.2) is 9.59 Å². The van der Waals surface area contributed by atoms with E-state index in [-0.39, 0.29) is 5.95 Å². The number of hydrogen-bond acceptors (Lipinski definition) is 5. The molecule has 0 atom stereocenters. The van der Waals surface area contributed by atoms with Crippen molar-refractivity contribution in [3.05, 3.63) is 84.8 Å². The molecule has 0 amide bonds. The average molecular weight is 324 g/mol. The van der Waals surface area contributed by atoms with Gasteiger partial charge in [0.05, 0.1) is 5.56 Å². The molecule has 0 aliphatic rings. The molecule has 0 bridgehead atoms. The molecule has 2 rings (SSSR count). The van der Waals surface area contributed by atoms with Gasteiger partial charge in [-0.2, -0.15) is 0 Å². The van der Waals surface area contributed by atoms with E-state index in [1.165, 1.54) is 0 Å². The van der Waals surface area contributed by atoms with Crippen molar-refractivity contribution < 1.29 is 23.8 Å². The SMILES string of the molecule is C=CC(=O)OC(=C)Oc1ccc(OC(=O)c2ccc(C)cc2)cc1. The lowest BCUT2D eigenvalue weighted by atomic mass is 10.1. The van der Waals surface area contributed by atoms with Gasteiger partial charge in [-0.1, -0.05) is 24.3 Å². The van der Waals surface area contributed by atoms with Crippen LogP contribution in [0.25, 0.3) is 0 Å². The summed E-state index contributed by atoms with van der Waals surface area (Å²) in [6.07, 6.45) is 1.00. The van der Waals surface area contributed by atoms with E-state index in [1.807, 2.05) is 19.1 Å². The van der Waals surface area contributed by atoms with Crippen molar-refractivity contribution in [2.45, 2.75) is 6.92 Å². The fraction of sp³-hybridized carbons (Fsp3) is 0.0526. The summed E-state index contributed by atoms with van der Waals surface area (Å²) in [5.74, 6) is -0.547. The molecular weight excluding hydrogens is 308 g/mol. The summed E-state index contributed by atoms with van der Waals surface area (Å²) in [7, 11) is 0. The molecule has 0 radical (unpaired) electrons. The van der Waals surface area contributed by atoms with Crippen LogP contribution in [0, 0.1) is 6.92 Å². The van der Waals surface area contributed by atoms with Gasteiger partial charge in [0.15, 0.2) is 0 Å². The van der Waals surface area contributed by atoms with Crippen molar-refractivity contribution >= 4 is 11.9 Å². The normalized spacial score (nSPS) is 9.71. The van der Waals surface area contributed by atoms with Gasteiger partial charge in [0.2, 0.25) is 0 Å². The number of carbonyl (C=O) groups excluding carboxylic acids is 2. The Bertz CT molecular complexity index is 757. The van der Waals surface area contributed by atoms with Crippen LogP contribution in [0.5, 0.6) is 11.5 Å². The zero-order valence-corrected chi connectivity index (χ0v) is 13.2. The summed E-state index contributed by atoms with van der Waals surface area (Å²) in [5, 5.41) is 0. The first-order valence-electron chi connectivity index (χ1n) is 7.08. The van der Waals surface area contributed by atoms with Crippen molar-refractivity contribution in [1.82, 2.24) is 0 Å². The molecule has 0 fully saturated rings. The summed E-state index contributed by atoms with van der Waals surface area (Å²) in [6.45, 7) is 8.67. The Morgan fingerprint density at radius 2 is 1.46 bits per heavy atom. The summed E-state index contributed by atoms with van der Waals surface area (Å²) in [6, 6.07) is 13.3. The number of benzene rings is 2. The quantitative estimate of drug-likeness (QED) is 0.350. The molecule has 0 aromatic heterocycles. The maximum absolute atomic E-state index is 12.0. The largest absolute Gasteiger partial charge is 0.426 e. The third-order valence-electron chi connectivity index (χ3n) is 2.93. The maximum Gasteiger partial charge on any atom is 0.343 e. The minimum absolute atomic E-state index is 0.177. The number of ether oxygens (including phenoxy) is 3. The average Bonchev–Trinajstić information content (AvgIpc) is 2.57. The number of aryl methyl sites for hydroxylation is 1. The maximum atomic E-state index is 12.0. The van der Waals surface area contributed by atoms with E-state index in [9.17, 15) is 9.59 Å². The van der Waals surface area contributed by atoms with Gasteiger partial charge in [-0.3, -0.25) is 0 Å². The summed E-state index contributed by atoms with van der Waals surface area (Å²) < 4.78 is 15.2. The van der Waals surface area contributed by atoms with Gasteiger partial charge in [-0.05, 0) is 49.9 Å². The van der Waals surface area contributed by atoms with Crippen LogP contribution in [0.1, 0.15) is 15.9 Å². The first-order chi connectivity index (χ1) is 11.5. The monoisotopic (exact) mass is 324 g/mol. The summed E-state index contributed by atoms with van der Waals surface area (Å²) >= 11 is 0. The van der Waals surface area contributed by atoms with Crippen molar-refractivity contribution in [1.29, 1.82) is 0 Å².